The molecule has 0 bridgehead atoms. The summed E-state index contributed by atoms with van der Waals surface area (Å²) in [5.74, 6) is -1.02. The Morgan fingerprint density at radius 2 is 0.710 bits per heavy atom. The summed E-state index contributed by atoms with van der Waals surface area (Å²) < 4.78 is 32.7. The predicted molar refractivity (Wildman–Crippen MR) is 256 cm³/mol. The van der Waals surface area contributed by atoms with Crippen LogP contribution in [0.1, 0.15) is 239 Å². The van der Waals surface area contributed by atoms with Crippen molar-refractivity contribution < 1.29 is 47.8 Å². The van der Waals surface area contributed by atoms with Gasteiger partial charge in [-0.1, -0.05) is 192 Å². The Labute approximate surface area is 380 Å². The fraction of sp³-hybridized carbons (Fsp3) is 0.843. The maximum absolute atomic E-state index is 12.4. The average Bonchev–Trinajstić information content (AvgIpc) is 3.26. The highest BCUT2D eigenvalue weighted by molar-refractivity contribution is 7.47. The quantitative estimate of drug-likeness (QED) is 0.0233. The molecule has 0 spiro atoms. The highest BCUT2D eigenvalue weighted by atomic mass is 31.2. The number of aliphatic hydroxyl groups is 2. The average molecular weight is 899 g/mol. The lowest BCUT2D eigenvalue weighted by molar-refractivity contribution is -0.153. The van der Waals surface area contributed by atoms with Gasteiger partial charge in [-0.2, -0.15) is 0 Å². The second-order valence-electron chi connectivity index (χ2n) is 17.1. The molecule has 0 aromatic rings. The summed E-state index contributed by atoms with van der Waals surface area (Å²) in [6, 6.07) is 0. The van der Waals surface area contributed by atoms with Crippen LogP contribution in [0.4, 0.5) is 0 Å². The van der Waals surface area contributed by atoms with Gasteiger partial charge in [-0.05, 0) is 70.6 Å². The maximum Gasteiger partial charge on any atom is 0.472 e. The van der Waals surface area contributed by atoms with E-state index in [2.05, 4.69) is 50.3 Å². The van der Waals surface area contributed by atoms with E-state index in [0.29, 0.717) is 12.8 Å². The zero-order valence-corrected chi connectivity index (χ0v) is 40.7. The van der Waals surface area contributed by atoms with Gasteiger partial charge in [0.05, 0.1) is 26.4 Å². The normalized spacial score (nSPS) is 14.0. The molecular formula is C51H95O10P. The smallest absolute Gasteiger partial charge is 0.457 e. The third kappa shape index (κ3) is 44.8. The monoisotopic (exact) mass is 899 g/mol. The molecule has 0 amide bonds. The number of carbonyl (C=O) groups is 2. The SMILES string of the molecule is CCCCCC/C=C\C/C=C\CCCCCCCCCC(=O)OC(CO)COP(=O)(O)OCC(CO)OC(=O)CCCCCCCCCCC/C=C\CCCCCCCCCC. The van der Waals surface area contributed by atoms with Crippen molar-refractivity contribution in [1.82, 2.24) is 0 Å². The molecule has 10 nitrogen and oxygen atoms in total. The molecule has 0 saturated carbocycles. The van der Waals surface area contributed by atoms with Crippen molar-refractivity contribution in [2.75, 3.05) is 26.4 Å². The van der Waals surface area contributed by atoms with E-state index in [4.69, 9.17) is 18.5 Å². The van der Waals surface area contributed by atoms with Crippen molar-refractivity contribution in [1.29, 1.82) is 0 Å². The van der Waals surface area contributed by atoms with E-state index in [1.165, 1.54) is 148 Å². The molecule has 0 saturated heterocycles. The molecule has 3 unspecified atom stereocenters. The first kappa shape index (κ1) is 60.2. The molecule has 0 aliphatic rings. The van der Waals surface area contributed by atoms with Crippen LogP contribution in [-0.4, -0.2) is 65.7 Å². The van der Waals surface area contributed by atoms with Crippen molar-refractivity contribution in [2.24, 2.45) is 0 Å². The minimum atomic E-state index is -4.64. The molecule has 62 heavy (non-hydrogen) atoms. The number of ether oxygens (including phenoxy) is 2. The van der Waals surface area contributed by atoms with Crippen LogP contribution in [-0.2, 0) is 32.7 Å². The number of phosphoric acid groups is 1. The molecule has 0 aliphatic heterocycles. The van der Waals surface area contributed by atoms with E-state index in [0.717, 1.165) is 51.4 Å². The van der Waals surface area contributed by atoms with Crippen LogP contribution in [0.15, 0.2) is 36.5 Å². The van der Waals surface area contributed by atoms with Gasteiger partial charge in [0.15, 0.2) is 0 Å². The fourth-order valence-electron chi connectivity index (χ4n) is 7.14. The summed E-state index contributed by atoms with van der Waals surface area (Å²) in [5.41, 5.74) is 0. The summed E-state index contributed by atoms with van der Waals surface area (Å²) in [5, 5.41) is 19.2. The first-order valence-corrected chi connectivity index (χ1v) is 26.9. The van der Waals surface area contributed by atoms with E-state index in [9.17, 15) is 29.3 Å². The van der Waals surface area contributed by atoms with Gasteiger partial charge >= 0.3 is 19.8 Å². The topological polar surface area (TPSA) is 149 Å². The van der Waals surface area contributed by atoms with Crippen molar-refractivity contribution in [3.8, 4) is 0 Å². The van der Waals surface area contributed by atoms with Gasteiger partial charge in [-0.3, -0.25) is 18.6 Å². The summed E-state index contributed by atoms with van der Waals surface area (Å²) in [7, 11) is -4.64. The number of esters is 2. The molecule has 11 heteroatoms. The molecule has 364 valence electrons. The van der Waals surface area contributed by atoms with Crippen LogP contribution >= 0.6 is 7.82 Å². The molecule has 0 aromatic heterocycles. The Morgan fingerprint density at radius 3 is 1.03 bits per heavy atom. The highest BCUT2D eigenvalue weighted by Crippen LogP contribution is 2.43. The summed E-state index contributed by atoms with van der Waals surface area (Å²) in [6.07, 6.45) is 51.1. The van der Waals surface area contributed by atoms with Crippen LogP contribution in [0.25, 0.3) is 0 Å². The zero-order chi connectivity index (χ0) is 45.5. The van der Waals surface area contributed by atoms with Crippen molar-refractivity contribution in [2.45, 2.75) is 251 Å². The molecule has 3 N–H and O–H groups in total. The van der Waals surface area contributed by atoms with Crippen LogP contribution in [0.2, 0.25) is 0 Å². The summed E-state index contributed by atoms with van der Waals surface area (Å²) >= 11 is 0. The third-order valence-electron chi connectivity index (χ3n) is 11.1. The van der Waals surface area contributed by atoms with E-state index < -0.39 is 58.4 Å². The number of allylic oxidation sites excluding steroid dienone is 6. The number of hydrogen-bond donors (Lipinski definition) is 3. The van der Waals surface area contributed by atoms with Gasteiger partial charge in [-0.15, -0.1) is 0 Å². The standard InChI is InChI=1S/C51H95O10P/c1-3-5-7-9-11-13-15-17-19-21-23-24-25-27-29-31-33-35-37-39-41-43-51(55)61-49(45-53)47-59-62(56,57)58-46-48(44-52)60-50(54)42-40-38-36-34-32-30-28-26-22-20-18-16-14-12-10-8-6-4-2/h14,16,20-23,48-49,52-53H,3-13,15,17-19,24-47H2,1-2H3,(H,56,57)/b16-14-,22-20-,23-21-. The number of rotatable bonds is 48. The number of carbonyl (C=O) groups excluding carboxylic acids is 2. The lowest BCUT2D eigenvalue weighted by Crippen LogP contribution is -2.28. The number of aliphatic hydroxyl groups excluding tert-OH is 2. The van der Waals surface area contributed by atoms with Crippen molar-refractivity contribution in [3.05, 3.63) is 36.5 Å². The number of hydrogen-bond acceptors (Lipinski definition) is 9. The van der Waals surface area contributed by atoms with Crippen LogP contribution in [0, 0.1) is 0 Å². The minimum Gasteiger partial charge on any atom is -0.457 e. The van der Waals surface area contributed by atoms with E-state index in [1.54, 1.807) is 0 Å². The lowest BCUT2D eigenvalue weighted by atomic mass is 10.1. The van der Waals surface area contributed by atoms with Gasteiger partial charge in [0, 0.05) is 12.8 Å². The first-order chi connectivity index (χ1) is 30.3. The predicted octanol–water partition coefficient (Wildman–Crippen LogP) is 14.3. The summed E-state index contributed by atoms with van der Waals surface area (Å²) in [4.78, 5) is 34.7. The molecule has 0 aromatic carbocycles. The largest absolute Gasteiger partial charge is 0.472 e. The van der Waals surface area contributed by atoms with Crippen LogP contribution in [0.3, 0.4) is 0 Å². The molecule has 0 heterocycles. The molecule has 0 aliphatic carbocycles. The van der Waals surface area contributed by atoms with Gasteiger partial charge in [0.25, 0.3) is 0 Å². The molecule has 0 radical (unpaired) electrons. The fourth-order valence-corrected chi connectivity index (χ4v) is 7.93. The van der Waals surface area contributed by atoms with Gasteiger partial charge < -0.3 is 24.6 Å². The maximum atomic E-state index is 12.4. The lowest BCUT2D eigenvalue weighted by Gasteiger charge is -2.20. The Kier molecular flexibility index (Phi) is 45.8. The van der Waals surface area contributed by atoms with Gasteiger partial charge in [0.1, 0.15) is 12.2 Å². The van der Waals surface area contributed by atoms with Crippen LogP contribution < -0.4 is 0 Å². The van der Waals surface area contributed by atoms with E-state index >= 15 is 0 Å². The zero-order valence-electron chi connectivity index (χ0n) is 39.8. The Bertz CT molecular complexity index is 1130. The minimum absolute atomic E-state index is 0.184. The summed E-state index contributed by atoms with van der Waals surface area (Å²) in [6.45, 7) is 2.22. The Balaban J connectivity index is 3.85. The third-order valence-corrected chi connectivity index (χ3v) is 12.0. The highest BCUT2D eigenvalue weighted by Gasteiger charge is 2.27. The second kappa shape index (κ2) is 47.2. The van der Waals surface area contributed by atoms with E-state index in [1.807, 2.05) is 0 Å². The first-order valence-electron chi connectivity index (χ1n) is 25.4. The van der Waals surface area contributed by atoms with Crippen molar-refractivity contribution in [3.63, 3.8) is 0 Å². The molecule has 0 rings (SSSR count). The van der Waals surface area contributed by atoms with E-state index in [-0.39, 0.29) is 12.8 Å². The van der Waals surface area contributed by atoms with Crippen LogP contribution in [0.5, 0.6) is 0 Å². The molecule has 3 atom stereocenters. The van der Waals surface area contributed by atoms with Gasteiger partial charge in [0.2, 0.25) is 0 Å². The number of unbranched alkanes of at least 4 members (excludes halogenated alkanes) is 28. The second-order valence-corrected chi connectivity index (χ2v) is 18.6. The van der Waals surface area contributed by atoms with Gasteiger partial charge in [-0.25, -0.2) is 4.57 Å². The molecular weight excluding hydrogens is 804 g/mol. The van der Waals surface area contributed by atoms with Crippen molar-refractivity contribution >= 4 is 19.8 Å². The number of phosphoric ester groups is 1. The Morgan fingerprint density at radius 1 is 0.435 bits per heavy atom. The molecule has 0 fully saturated rings. The Hall–Kier alpha value is -1.81.